The van der Waals surface area contributed by atoms with Gasteiger partial charge in [-0.3, -0.25) is 4.79 Å². The lowest BCUT2D eigenvalue weighted by atomic mass is 10.0. The van der Waals surface area contributed by atoms with Gasteiger partial charge in [0.15, 0.2) is 0 Å². The highest BCUT2D eigenvalue weighted by Crippen LogP contribution is 2.32. The van der Waals surface area contributed by atoms with Crippen molar-refractivity contribution < 1.29 is 9.53 Å². The summed E-state index contributed by atoms with van der Waals surface area (Å²) in [7, 11) is 0. The second kappa shape index (κ2) is 5.63. The maximum atomic E-state index is 10.5. The molecular weight excluding hydrogens is 176 g/mol. The average Bonchev–Trinajstić information content (AvgIpc) is 2.60. The Morgan fingerprint density at radius 3 is 2.79 bits per heavy atom. The SMILES string of the molecule is C=C[C@@H]1CC[C@H](/C=C\COC(C)=O)C1. The third-order valence-corrected chi connectivity index (χ3v) is 2.64. The highest BCUT2D eigenvalue weighted by Gasteiger charge is 2.19. The summed E-state index contributed by atoms with van der Waals surface area (Å²) in [5.74, 6) is 1.11. The fraction of sp³-hybridized carbons (Fsp3) is 0.583. The minimum atomic E-state index is -0.218. The number of allylic oxidation sites excluding steroid dienone is 2. The van der Waals surface area contributed by atoms with Crippen molar-refractivity contribution in [2.75, 3.05) is 6.61 Å². The van der Waals surface area contributed by atoms with E-state index in [1.807, 2.05) is 12.2 Å². The number of esters is 1. The zero-order chi connectivity index (χ0) is 10.4. The minimum Gasteiger partial charge on any atom is -0.462 e. The van der Waals surface area contributed by atoms with Gasteiger partial charge in [-0.1, -0.05) is 18.2 Å². The summed E-state index contributed by atoms with van der Waals surface area (Å²) in [6, 6.07) is 0. The highest BCUT2D eigenvalue weighted by molar-refractivity contribution is 5.65. The molecule has 0 aliphatic heterocycles. The molecular formula is C12H18O2. The molecule has 2 atom stereocenters. The Kier molecular flexibility index (Phi) is 4.44. The van der Waals surface area contributed by atoms with Gasteiger partial charge in [0.05, 0.1) is 0 Å². The van der Waals surface area contributed by atoms with Gasteiger partial charge in [-0.2, -0.15) is 0 Å². The van der Waals surface area contributed by atoms with Crippen molar-refractivity contribution in [3.05, 3.63) is 24.8 Å². The van der Waals surface area contributed by atoms with Crippen molar-refractivity contribution in [2.24, 2.45) is 11.8 Å². The number of hydrogen-bond acceptors (Lipinski definition) is 2. The van der Waals surface area contributed by atoms with Crippen molar-refractivity contribution in [1.82, 2.24) is 0 Å². The zero-order valence-electron chi connectivity index (χ0n) is 8.74. The van der Waals surface area contributed by atoms with E-state index >= 15 is 0 Å². The molecule has 0 amide bonds. The van der Waals surface area contributed by atoms with Crippen molar-refractivity contribution in [3.63, 3.8) is 0 Å². The Balaban J connectivity index is 2.18. The topological polar surface area (TPSA) is 26.3 Å². The second-order valence-electron chi connectivity index (χ2n) is 3.80. The molecule has 1 rings (SSSR count). The summed E-state index contributed by atoms with van der Waals surface area (Å²) in [4.78, 5) is 10.5. The molecule has 1 aliphatic carbocycles. The molecule has 0 aromatic carbocycles. The number of ether oxygens (including phenoxy) is 1. The molecule has 0 bridgehead atoms. The first kappa shape index (κ1) is 11.0. The summed E-state index contributed by atoms with van der Waals surface area (Å²) in [6.45, 7) is 5.64. The smallest absolute Gasteiger partial charge is 0.302 e. The van der Waals surface area contributed by atoms with Gasteiger partial charge >= 0.3 is 5.97 Å². The molecule has 0 unspecified atom stereocenters. The van der Waals surface area contributed by atoms with Crippen molar-refractivity contribution in [1.29, 1.82) is 0 Å². The molecule has 0 spiro atoms. The molecule has 1 aliphatic rings. The third kappa shape index (κ3) is 3.77. The van der Waals surface area contributed by atoms with Crippen molar-refractivity contribution in [2.45, 2.75) is 26.2 Å². The zero-order valence-corrected chi connectivity index (χ0v) is 8.74. The van der Waals surface area contributed by atoms with E-state index in [0.29, 0.717) is 18.4 Å². The fourth-order valence-corrected chi connectivity index (χ4v) is 1.86. The average molecular weight is 194 g/mol. The third-order valence-electron chi connectivity index (χ3n) is 2.64. The molecule has 0 saturated heterocycles. The van der Waals surface area contributed by atoms with E-state index in [1.165, 1.54) is 26.2 Å². The number of rotatable bonds is 4. The number of hydrogen-bond donors (Lipinski definition) is 0. The second-order valence-corrected chi connectivity index (χ2v) is 3.80. The molecule has 0 radical (unpaired) electrons. The molecule has 0 aromatic rings. The monoisotopic (exact) mass is 194 g/mol. The normalized spacial score (nSPS) is 26.6. The Hall–Kier alpha value is -1.05. The van der Waals surface area contributed by atoms with Crippen LogP contribution in [-0.2, 0) is 9.53 Å². The van der Waals surface area contributed by atoms with E-state index < -0.39 is 0 Å². The van der Waals surface area contributed by atoms with Crippen LogP contribution in [0.4, 0.5) is 0 Å². The standard InChI is InChI=1S/C12H18O2/c1-3-11-6-7-12(9-11)5-4-8-14-10(2)13/h3-5,11-12H,1,6-9H2,2H3/b5-4-/t11-,12+/m1/s1. The molecule has 0 aromatic heterocycles. The predicted octanol–water partition coefficient (Wildman–Crippen LogP) is 2.71. The van der Waals surface area contributed by atoms with Gasteiger partial charge in [0, 0.05) is 6.92 Å². The van der Waals surface area contributed by atoms with Crippen LogP contribution in [0.5, 0.6) is 0 Å². The van der Waals surface area contributed by atoms with Crippen LogP contribution in [0.25, 0.3) is 0 Å². The van der Waals surface area contributed by atoms with Crippen LogP contribution in [0.1, 0.15) is 26.2 Å². The summed E-state index contributed by atoms with van der Waals surface area (Å²) >= 11 is 0. The van der Waals surface area contributed by atoms with E-state index in [9.17, 15) is 4.79 Å². The molecule has 1 fully saturated rings. The van der Waals surface area contributed by atoms with E-state index in [2.05, 4.69) is 12.7 Å². The Bertz CT molecular complexity index is 230. The fourth-order valence-electron chi connectivity index (χ4n) is 1.86. The first-order valence-corrected chi connectivity index (χ1v) is 5.15. The van der Waals surface area contributed by atoms with Gasteiger partial charge in [0.25, 0.3) is 0 Å². The van der Waals surface area contributed by atoms with Gasteiger partial charge in [0.2, 0.25) is 0 Å². The number of carbonyl (C=O) groups excluding carboxylic acids is 1. The van der Waals surface area contributed by atoms with Gasteiger partial charge < -0.3 is 4.74 Å². The summed E-state index contributed by atoms with van der Waals surface area (Å²) in [5.41, 5.74) is 0. The number of carbonyl (C=O) groups is 1. The van der Waals surface area contributed by atoms with Gasteiger partial charge in [-0.25, -0.2) is 0 Å². The molecule has 0 heterocycles. The van der Waals surface area contributed by atoms with Crippen LogP contribution >= 0.6 is 0 Å². The maximum Gasteiger partial charge on any atom is 0.302 e. The van der Waals surface area contributed by atoms with Crippen LogP contribution < -0.4 is 0 Å². The van der Waals surface area contributed by atoms with Gasteiger partial charge in [-0.05, 0) is 31.1 Å². The first-order valence-electron chi connectivity index (χ1n) is 5.15. The Morgan fingerprint density at radius 2 is 2.21 bits per heavy atom. The quantitative estimate of drug-likeness (QED) is 0.508. The largest absolute Gasteiger partial charge is 0.462 e. The van der Waals surface area contributed by atoms with Crippen molar-refractivity contribution >= 4 is 5.97 Å². The van der Waals surface area contributed by atoms with E-state index in [-0.39, 0.29) is 5.97 Å². The first-order chi connectivity index (χ1) is 6.72. The molecule has 1 saturated carbocycles. The van der Waals surface area contributed by atoms with Gasteiger partial charge in [-0.15, -0.1) is 6.58 Å². The van der Waals surface area contributed by atoms with Crippen molar-refractivity contribution in [3.8, 4) is 0 Å². The predicted molar refractivity (Wildman–Crippen MR) is 56.8 cm³/mol. The molecule has 2 heteroatoms. The Labute approximate surface area is 85.6 Å². The van der Waals surface area contributed by atoms with Gasteiger partial charge in [0.1, 0.15) is 6.61 Å². The molecule has 2 nitrogen and oxygen atoms in total. The molecule has 78 valence electrons. The lowest BCUT2D eigenvalue weighted by Crippen LogP contribution is -1.98. The maximum absolute atomic E-state index is 10.5. The summed E-state index contributed by atoms with van der Waals surface area (Å²) < 4.78 is 4.81. The minimum absolute atomic E-state index is 0.218. The van der Waals surface area contributed by atoms with E-state index in [4.69, 9.17) is 4.74 Å². The van der Waals surface area contributed by atoms with Crippen LogP contribution in [0.3, 0.4) is 0 Å². The lowest BCUT2D eigenvalue weighted by Gasteiger charge is -2.02. The van der Waals surface area contributed by atoms with Crippen LogP contribution in [0.15, 0.2) is 24.8 Å². The highest BCUT2D eigenvalue weighted by atomic mass is 16.5. The Morgan fingerprint density at radius 1 is 1.50 bits per heavy atom. The lowest BCUT2D eigenvalue weighted by molar-refractivity contribution is -0.139. The van der Waals surface area contributed by atoms with Crippen LogP contribution in [0, 0.1) is 11.8 Å². The van der Waals surface area contributed by atoms with E-state index in [0.717, 1.165) is 0 Å². The van der Waals surface area contributed by atoms with Crippen LogP contribution in [0.2, 0.25) is 0 Å². The van der Waals surface area contributed by atoms with E-state index in [1.54, 1.807) is 0 Å². The summed E-state index contributed by atoms with van der Waals surface area (Å²) in [5, 5.41) is 0. The summed E-state index contributed by atoms with van der Waals surface area (Å²) in [6.07, 6.45) is 9.81. The molecule has 0 N–H and O–H groups in total. The molecule has 14 heavy (non-hydrogen) atoms. The van der Waals surface area contributed by atoms with Crippen LogP contribution in [-0.4, -0.2) is 12.6 Å².